The maximum absolute atomic E-state index is 15.1. The lowest BCUT2D eigenvalue weighted by Crippen LogP contribution is -2.49. The van der Waals surface area contributed by atoms with Gasteiger partial charge in [0, 0.05) is 79.2 Å². The zero-order valence-electron chi connectivity index (χ0n) is 26.3. The predicted molar refractivity (Wildman–Crippen MR) is 176 cm³/mol. The van der Waals surface area contributed by atoms with Gasteiger partial charge in [0.15, 0.2) is 11.6 Å². The molecule has 3 aromatic heterocycles. The second kappa shape index (κ2) is 13.3. The third kappa shape index (κ3) is 6.65. The van der Waals surface area contributed by atoms with Crippen molar-refractivity contribution in [1.29, 1.82) is 0 Å². The number of carbonyl (C=O) groups excluding carboxylic acids is 1. The Morgan fingerprint density at radius 1 is 0.889 bits per heavy atom. The molecule has 2 aliphatic carbocycles. The number of anilines is 2. The van der Waals surface area contributed by atoms with Crippen LogP contribution >= 0.6 is 0 Å². The summed E-state index contributed by atoms with van der Waals surface area (Å²) in [5.74, 6) is 0.384. The van der Waals surface area contributed by atoms with Crippen molar-refractivity contribution < 1.29 is 9.18 Å². The lowest BCUT2D eigenvalue weighted by molar-refractivity contribution is 0.0936. The summed E-state index contributed by atoms with van der Waals surface area (Å²) in [5.41, 5.74) is 3.66. The Labute approximate surface area is 265 Å². The molecule has 0 unspecified atom stereocenters. The Morgan fingerprint density at radius 3 is 2.33 bits per heavy atom. The van der Waals surface area contributed by atoms with Crippen LogP contribution in [0.3, 0.4) is 0 Å². The number of pyridine rings is 1. The Balaban J connectivity index is 1.05. The minimum absolute atomic E-state index is 0.0101. The summed E-state index contributed by atoms with van der Waals surface area (Å²) in [5, 5.41) is 3.99. The molecule has 0 amide bonds. The van der Waals surface area contributed by atoms with Crippen LogP contribution in [-0.4, -0.2) is 67.3 Å². The van der Waals surface area contributed by atoms with Crippen LogP contribution in [0.4, 0.5) is 16.2 Å². The standard InChI is InChI=1S/C36H44FN7O/c1-25(45)31-24-44(29-10-4-2-3-5-11-29)33-14-13-27(20-30(31)33)35-32(37)22-39-36(41-35)40-34-15-12-26(21-38-34)23-42-16-18-43(19-17-42)28-8-6-7-9-28/h12-15,20-22,24,28-29H,2-11,16-19,23H2,1H3,(H,38,39,40,41). The second-order valence-corrected chi connectivity index (χ2v) is 13.2. The quantitative estimate of drug-likeness (QED) is 0.163. The van der Waals surface area contributed by atoms with Gasteiger partial charge in [0.2, 0.25) is 5.95 Å². The molecule has 0 spiro atoms. The van der Waals surface area contributed by atoms with Gasteiger partial charge in [-0.05, 0) is 56.4 Å². The van der Waals surface area contributed by atoms with Gasteiger partial charge in [-0.1, -0.05) is 50.7 Å². The van der Waals surface area contributed by atoms with E-state index in [1.54, 1.807) is 6.92 Å². The average Bonchev–Trinajstić information content (AvgIpc) is 3.65. The predicted octanol–water partition coefficient (Wildman–Crippen LogP) is 7.53. The van der Waals surface area contributed by atoms with Crippen molar-refractivity contribution in [2.75, 3.05) is 31.5 Å². The Bertz CT molecular complexity index is 1630. The van der Waals surface area contributed by atoms with Crippen LogP contribution < -0.4 is 5.32 Å². The van der Waals surface area contributed by atoms with Crippen molar-refractivity contribution in [1.82, 2.24) is 29.3 Å². The van der Waals surface area contributed by atoms with E-state index in [4.69, 9.17) is 0 Å². The van der Waals surface area contributed by atoms with Crippen LogP contribution in [0, 0.1) is 5.82 Å². The molecule has 1 aliphatic heterocycles. The number of hydrogen-bond donors (Lipinski definition) is 1. The van der Waals surface area contributed by atoms with E-state index in [0.717, 1.165) is 62.5 Å². The maximum atomic E-state index is 15.1. The highest BCUT2D eigenvalue weighted by Crippen LogP contribution is 2.35. The van der Waals surface area contributed by atoms with Crippen molar-refractivity contribution in [3.8, 4) is 11.3 Å². The summed E-state index contributed by atoms with van der Waals surface area (Å²) < 4.78 is 17.4. The highest BCUT2D eigenvalue weighted by molar-refractivity contribution is 6.08. The number of nitrogens with zero attached hydrogens (tertiary/aromatic N) is 6. The molecule has 4 aromatic rings. The van der Waals surface area contributed by atoms with E-state index in [0.29, 0.717) is 23.0 Å². The summed E-state index contributed by atoms with van der Waals surface area (Å²) in [6, 6.07) is 11.0. The molecule has 9 heteroatoms. The van der Waals surface area contributed by atoms with Crippen molar-refractivity contribution in [2.24, 2.45) is 0 Å². The molecular weight excluding hydrogens is 565 g/mol. The Morgan fingerprint density at radius 2 is 1.62 bits per heavy atom. The summed E-state index contributed by atoms with van der Waals surface area (Å²) in [6.45, 7) is 6.97. The number of Topliss-reactive ketones (excluding diaryl/α,β-unsaturated/α-hetero) is 1. The van der Waals surface area contributed by atoms with Crippen molar-refractivity contribution >= 4 is 28.5 Å². The molecule has 3 aliphatic rings. The van der Waals surface area contributed by atoms with Gasteiger partial charge in [0.05, 0.1) is 6.20 Å². The molecule has 7 rings (SSSR count). The van der Waals surface area contributed by atoms with Gasteiger partial charge in [-0.2, -0.15) is 0 Å². The van der Waals surface area contributed by atoms with Gasteiger partial charge >= 0.3 is 0 Å². The number of hydrogen-bond acceptors (Lipinski definition) is 7. The molecular formula is C36H44FN7O. The van der Waals surface area contributed by atoms with Crippen LogP contribution in [0.5, 0.6) is 0 Å². The van der Waals surface area contributed by atoms with Crippen molar-refractivity contribution in [2.45, 2.75) is 89.8 Å². The number of ketones is 1. The summed E-state index contributed by atoms with van der Waals surface area (Å²) in [7, 11) is 0. The first-order valence-electron chi connectivity index (χ1n) is 16.9. The Hall–Kier alpha value is -3.69. The van der Waals surface area contributed by atoms with E-state index in [1.165, 1.54) is 63.1 Å². The molecule has 0 atom stereocenters. The van der Waals surface area contributed by atoms with Gasteiger partial charge < -0.3 is 9.88 Å². The highest BCUT2D eigenvalue weighted by Gasteiger charge is 2.26. The van der Waals surface area contributed by atoms with Crippen LogP contribution in [-0.2, 0) is 6.54 Å². The van der Waals surface area contributed by atoms with Gasteiger partial charge in [-0.3, -0.25) is 14.6 Å². The smallest absolute Gasteiger partial charge is 0.229 e. The fraction of sp³-hybridized carbons (Fsp3) is 0.500. The zero-order chi connectivity index (χ0) is 30.8. The van der Waals surface area contributed by atoms with E-state index in [-0.39, 0.29) is 17.4 Å². The molecule has 0 radical (unpaired) electrons. The molecule has 1 N–H and O–H groups in total. The number of benzene rings is 1. The molecule has 0 bridgehead atoms. The molecule has 4 heterocycles. The van der Waals surface area contributed by atoms with Crippen molar-refractivity contribution in [3.63, 3.8) is 0 Å². The van der Waals surface area contributed by atoms with Gasteiger partial charge in [0.25, 0.3) is 0 Å². The second-order valence-electron chi connectivity index (χ2n) is 13.2. The fourth-order valence-corrected chi connectivity index (χ4v) is 7.67. The first-order valence-corrected chi connectivity index (χ1v) is 16.9. The van der Waals surface area contributed by atoms with E-state index in [2.05, 4.69) is 40.7 Å². The Kier molecular flexibility index (Phi) is 8.90. The normalized spacial score (nSPS) is 19.2. The third-order valence-electron chi connectivity index (χ3n) is 10.2. The van der Waals surface area contributed by atoms with E-state index in [9.17, 15) is 4.79 Å². The van der Waals surface area contributed by atoms with E-state index >= 15 is 4.39 Å². The molecule has 1 saturated heterocycles. The van der Waals surface area contributed by atoms with Gasteiger partial charge in [-0.15, -0.1) is 0 Å². The molecule has 45 heavy (non-hydrogen) atoms. The number of halogens is 1. The summed E-state index contributed by atoms with van der Waals surface area (Å²) >= 11 is 0. The largest absolute Gasteiger partial charge is 0.344 e. The van der Waals surface area contributed by atoms with E-state index < -0.39 is 5.82 Å². The lowest BCUT2D eigenvalue weighted by Gasteiger charge is -2.38. The minimum atomic E-state index is -0.510. The van der Waals surface area contributed by atoms with E-state index in [1.807, 2.05) is 36.7 Å². The van der Waals surface area contributed by atoms with Crippen LogP contribution in [0.25, 0.3) is 22.2 Å². The molecule has 3 fully saturated rings. The van der Waals surface area contributed by atoms with Crippen molar-refractivity contribution in [3.05, 3.63) is 65.9 Å². The first-order chi connectivity index (χ1) is 22.0. The summed E-state index contributed by atoms with van der Waals surface area (Å²) in [6.07, 6.45) is 17.7. The third-order valence-corrected chi connectivity index (χ3v) is 10.2. The molecule has 8 nitrogen and oxygen atoms in total. The molecule has 1 aromatic carbocycles. The van der Waals surface area contributed by atoms with Crippen LogP contribution in [0.15, 0.2) is 48.9 Å². The highest BCUT2D eigenvalue weighted by atomic mass is 19.1. The fourth-order valence-electron chi connectivity index (χ4n) is 7.67. The first kappa shape index (κ1) is 30.0. The van der Waals surface area contributed by atoms with Gasteiger partial charge in [-0.25, -0.2) is 19.3 Å². The lowest BCUT2D eigenvalue weighted by atomic mass is 10.0. The maximum Gasteiger partial charge on any atom is 0.229 e. The number of aromatic nitrogens is 4. The van der Waals surface area contributed by atoms with Crippen LogP contribution in [0.2, 0.25) is 0 Å². The van der Waals surface area contributed by atoms with Crippen LogP contribution in [0.1, 0.15) is 93.1 Å². The monoisotopic (exact) mass is 609 g/mol. The minimum Gasteiger partial charge on any atom is -0.344 e. The number of nitrogens with one attached hydrogen (secondary N) is 1. The zero-order valence-corrected chi connectivity index (χ0v) is 26.3. The number of carbonyl (C=O) groups is 1. The molecule has 236 valence electrons. The topological polar surface area (TPSA) is 79.2 Å². The summed E-state index contributed by atoms with van der Waals surface area (Å²) in [4.78, 5) is 31.2. The number of piperazine rings is 1. The number of fused-ring (bicyclic) bond motifs is 1. The SMILES string of the molecule is CC(=O)c1cn(C2CCCCCC2)c2ccc(-c3nc(Nc4ccc(CN5CCN(C6CCCC6)CC5)cn4)ncc3F)cc12. The van der Waals surface area contributed by atoms with Gasteiger partial charge in [0.1, 0.15) is 11.5 Å². The number of rotatable bonds is 8. The average molecular weight is 610 g/mol. The molecule has 2 saturated carbocycles.